The van der Waals surface area contributed by atoms with Crippen LogP contribution in [0, 0.1) is 0 Å². The highest BCUT2D eigenvalue weighted by molar-refractivity contribution is 5.96. The Kier molecular flexibility index (Phi) is 5.50. The van der Waals surface area contributed by atoms with Crippen molar-refractivity contribution in [2.24, 2.45) is 0 Å². The SMILES string of the molecule is C[C@H](OC(=O)c1cc(=O)c2ccccc2o1)C(=O)NNC(=O)c1ccccc1. The normalized spacial score (nSPS) is 11.5. The van der Waals surface area contributed by atoms with Crippen LogP contribution in [0.4, 0.5) is 0 Å². The number of rotatable bonds is 4. The highest BCUT2D eigenvalue weighted by Crippen LogP contribution is 2.13. The summed E-state index contributed by atoms with van der Waals surface area (Å²) in [5, 5.41) is 0.327. The van der Waals surface area contributed by atoms with Crippen LogP contribution in [0.3, 0.4) is 0 Å². The molecule has 1 heterocycles. The van der Waals surface area contributed by atoms with Crippen LogP contribution in [0.2, 0.25) is 0 Å². The molecule has 0 saturated heterocycles. The first kappa shape index (κ1) is 18.8. The van der Waals surface area contributed by atoms with Gasteiger partial charge in [-0.1, -0.05) is 30.3 Å². The molecule has 2 N–H and O–H groups in total. The molecule has 0 fully saturated rings. The molecule has 0 bridgehead atoms. The second-order valence-electron chi connectivity index (χ2n) is 5.83. The average molecular weight is 380 g/mol. The fraction of sp³-hybridized carbons (Fsp3) is 0.100. The molecule has 0 spiro atoms. The lowest BCUT2D eigenvalue weighted by Gasteiger charge is -2.13. The Hall–Kier alpha value is -3.94. The van der Waals surface area contributed by atoms with Crippen LogP contribution in [-0.4, -0.2) is 23.9 Å². The van der Waals surface area contributed by atoms with Crippen molar-refractivity contribution in [2.75, 3.05) is 0 Å². The van der Waals surface area contributed by atoms with Gasteiger partial charge >= 0.3 is 5.97 Å². The number of carbonyl (C=O) groups excluding carboxylic acids is 3. The van der Waals surface area contributed by atoms with Crippen LogP contribution in [0.25, 0.3) is 11.0 Å². The van der Waals surface area contributed by atoms with Gasteiger partial charge in [-0.3, -0.25) is 25.2 Å². The van der Waals surface area contributed by atoms with Gasteiger partial charge in [0, 0.05) is 11.6 Å². The molecule has 0 aliphatic heterocycles. The van der Waals surface area contributed by atoms with Crippen molar-refractivity contribution in [3.8, 4) is 0 Å². The van der Waals surface area contributed by atoms with Gasteiger partial charge < -0.3 is 9.15 Å². The van der Waals surface area contributed by atoms with Gasteiger partial charge in [-0.25, -0.2) is 4.79 Å². The summed E-state index contributed by atoms with van der Waals surface area (Å²) in [4.78, 5) is 48.2. The van der Waals surface area contributed by atoms with Gasteiger partial charge in [-0.15, -0.1) is 0 Å². The van der Waals surface area contributed by atoms with E-state index in [4.69, 9.17) is 9.15 Å². The van der Waals surface area contributed by atoms with Crippen molar-refractivity contribution in [1.29, 1.82) is 0 Å². The average Bonchev–Trinajstić information content (AvgIpc) is 2.72. The molecule has 3 aromatic rings. The molecule has 8 heteroatoms. The summed E-state index contributed by atoms with van der Waals surface area (Å²) in [5.41, 5.74) is 4.57. The lowest BCUT2D eigenvalue weighted by molar-refractivity contribution is -0.129. The summed E-state index contributed by atoms with van der Waals surface area (Å²) in [6.07, 6.45) is -1.24. The van der Waals surface area contributed by atoms with Crippen LogP contribution in [0.1, 0.15) is 27.8 Å². The number of hydrogen-bond acceptors (Lipinski definition) is 6. The number of esters is 1. The highest BCUT2D eigenvalue weighted by Gasteiger charge is 2.22. The van der Waals surface area contributed by atoms with Crippen LogP contribution in [0.5, 0.6) is 0 Å². The topological polar surface area (TPSA) is 115 Å². The first-order valence-electron chi connectivity index (χ1n) is 8.35. The number of ether oxygens (including phenoxy) is 1. The zero-order chi connectivity index (χ0) is 20.1. The summed E-state index contributed by atoms with van der Waals surface area (Å²) in [7, 11) is 0. The van der Waals surface area contributed by atoms with Crippen molar-refractivity contribution >= 4 is 28.8 Å². The number of hydrogen-bond donors (Lipinski definition) is 2. The van der Waals surface area contributed by atoms with E-state index >= 15 is 0 Å². The zero-order valence-electron chi connectivity index (χ0n) is 14.8. The first-order valence-corrected chi connectivity index (χ1v) is 8.35. The largest absolute Gasteiger partial charge is 0.449 e. The fourth-order valence-electron chi connectivity index (χ4n) is 2.36. The molecule has 0 saturated carbocycles. The zero-order valence-corrected chi connectivity index (χ0v) is 14.8. The Morgan fingerprint density at radius 3 is 2.39 bits per heavy atom. The molecule has 0 radical (unpaired) electrons. The molecule has 0 unspecified atom stereocenters. The summed E-state index contributed by atoms with van der Waals surface area (Å²) in [5.74, 6) is -2.56. The lowest BCUT2D eigenvalue weighted by atomic mass is 10.2. The van der Waals surface area contributed by atoms with Crippen molar-refractivity contribution in [2.45, 2.75) is 13.0 Å². The fourth-order valence-corrected chi connectivity index (χ4v) is 2.36. The number of carbonyl (C=O) groups is 3. The van der Waals surface area contributed by atoms with Crippen molar-refractivity contribution in [3.05, 3.63) is 82.2 Å². The summed E-state index contributed by atoms with van der Waals surface area (Å²) < 4.78 is 10.4. The number of nitrogens with one attached hydrogen (secondary N) is 2. The van der Waals surface area contributed by atoms with Gasteiger partial charge in [-0.05, 0) is 31.2 Å². The van der Waals surface area contributed by atoms with E-state index in [9.17, 15) is 19.2 Å². The Morgan fingerprint density at radius 1 is 0.964 bits per heavy atom. The lowest BCUT2D eigenvalue weighted by Crippen LogP contribution is -2.46. The van der Waals surface area contributed by atoms with Gasteiger partial charge in [0.2, 0.25) is 5.76 Å². The molecule has 1 aromatic heterocycles. The Bertz CT molecular complexity index is 1090. The van der Waals surface area contributed by atoms with Crippen LogP contribution >= 0.6 is 0 Å². The Labute approximate surface area is 159 Å². The van der Waals surface area contributed by atoms with Crippen molar-refractivity contribution in [1.82, 2.24) is 10.9 Å². The van der Waals surface area contributed by atoms with Crippen LogP contribution < -0.4 is 16.3 Å². The van der Waals surface area contributed by atoms with E-state index in [2.05, 4.69) is 10.9 Å². The third-order valence-electron chi connectivity index (χ3n) is 3.82. The molecule has 0 aliphatic rings. The third kappa shape index (κ3) is 4.24. The summed E-state index contributed by atoms with van der Waals surface area (Å²) in [6, 6.07) is 15.7. The number of benzene rings is 2. The summed E-state index contributed by atoms with van der Waals surface area (Å²) >= 11 is 0. The molecule has 142 valence electrons. The van der Waals surface area contributed by atoms with E-state index in [1.165, 1.54) is 6.92 Å². The molecule has 1 atom stereocenters. The van der Waals surface area contributed by atoms with E-state index in [1.54, 1.807) is 54.6 Å². The third-order valence-corrected chi connectivity index (χ3v) is 3.82. The molecule has 2 aromatic carbocycles. The maximum Gasteiger partial charge on any atom is 0.375 e. The van der Waals surface area contributed by atoms with Gasteiger partial charge in [-0.2, -0.15) is 0 Å². The highest BCUT2D eigenvalue weighted by atomic mass is 16.6. The van der Waals surface area contributed by atoms with E-state index in [1.807, 2.05) is 0 Å². The van der Waals surface area contributed by atoms with Crippen molar-refractivity contribution in [3.63, 3.8) is 0 Å². The second-order valence-corrected chi connectivity index (χ2v) is 5.83. The predicted molar refractivity (Wildman–Crippen MR) is 99.4 cm³/mol. The molecule has 2 amide bonds. The second kappa shape index (κ2) is 8.17. The molecular formula is C20H16N2O6. The summed E-state index contributed by atoms with van der Waals surface area (Å²) in [6.45, 7) is 1.32. The minimum atomic E-state index is -1.24. The number of amides is 2. The van der Waals surface area contributed by atoms with Crippen LogP contribution in [-0.2, 0) is 9.53 Å². The van der Waals surface area contributed by atoms with E-state index in [-0.39, 0.29) is 11.3 Å². The molecule has 28 heavy (non-hydrogen) atoms. The minimum absolute atomic E-state index is 0.231. The quantitative estimate of drug-likeness (QED) is 0.527. The van der Waals surface area contributed by atoms with Gasteiger partial charge in [0.25, 0.3) is 11.8 Å². The van der Waals surface area contributed by atoms with E-state index in [0.717, 1.165) is 6.07 Å². The predicted octanol–water partition coefficient (Wildman–Crippen LogP) is 1.80. The number of fused-ring (bicyclic) bond motifs is 1. The van der Waals surface area contributed by atoms with E-state index < -0.39 is 29.3 Å². The molecule has 0 aliphatic carbocycles. The minimum Gasteiger partial charge on any atom is -0.449 e. The smallest absolute Gasteiger partial charge is 0.375 e. The molecule has 8 nitrogen and oxygen atoms in total. The van der Waals surface area contributed by atoms with Gasteiger partial charge in [0.1, 0.15) is 5.58 Å². The Balaban J connectivity index is 1.61. The number of para-hydroxylation sites is 1. The van der Waals surface area contributed by atoms with Gasteiger partial charge in [0.05, 0.1) is 5.39 Å². The maximum absolute atomic E-state index is 12.2. The maximum atomic E-state index is 12.2. The first-order chi connectivity index (χ1) is 13.5. The number of hydrazine groups is 1. The monoisotopic (exact) mass is 380 g/mol. The van der Waals surface area contributed by atoms with E-state index in [0.29, 0.717) is 10.9 Å². The van der Waals surface area contributed by atoms with Crippen molar-refractivity contribution < 1.29 is 23.5 Å². The Morgan fingerprint density at radius 2 is 1.64 bits per heavy atom. The van der Waals surface area contributed by atoms with Gasteiger partial charge in [0.15, 0.2) is 11.5 Å². The molecule has 3 rings (SSSR count). The molecular weight excluding hydrogens is 364 g/mol. The standard InChI is InChI=1S/C20H16N2O6/c1-12(18(24)21-22-19(25)13-7-3-2-4-8-13)27-20(26)17-11-15(23)14-9-5-6-10-16(14)28-17/h2-12H,1H3,(H,21,24)(H,22,25)/t12-/m0/s1. The van der Waals surface area contributed by atoms with Crippen LogP contribution in [0.15, 0.2) is 69.9 Å².